The molecule has 1 unspecified atom stereocenters. The van der Waals surface area contributed by atoms with E-state index < -0.39 is 10.0 Å². The van der Waals surface area contributed by atoms with Gasteiger partial charge in [-0.05, 0) is 30.7 Å². The smallest absolute Gasteiger partial charge is 0.247 e. The number of rotatable bonds is 5. The summed E-state index contributed by atoms with van der Waals surface area (Å²) in [6, 6.07) is 2.52. The van der Waals surface area contributed by atoms with Gasteiger partial charge < -0.3 is 4.98 Å². The quantitative estimate of drug-likeness (QED) is 0.814. The molecule has 1 fully saturated rings. The van der Waals surface area contributed by atoms with Crippen LogP contribution >= 0.6 is 0 Å². The molecule has 1 aromatic rings. The zero-order valence-electron chi connectivity index (χ0n) is 9.64. The number of pyridine rings is 1. The summed E-state index contributed by atoms with van der Waals surface area (Å²) in [4.78, 5) is 13.3. The third kappa shape index (κ3) is 3.17. The molecule has 17 heavy (non-hydrogen) atoms. The first-order chi connectivity index (χ1) is 7.99. The minimum atomic E-state index is -3.50. The fourth-order valence-corrected chi connectivity index (χ4v) is 2.83. The molecule has 0 amide bonds. The van der Waals surface area contributed by atoms with Gasteiger partial charge >= 0.3 is 0 Å². The van der Waals surface area contributed by atoms with Crippen molar-refractivity contribution in [3.8, 4) is 0 Å². The van der Waals surface area contributed by atoms with Crippen LogP contribution in [0.5, 0.6) is 0 Å². The second-order valence-corrected chi connectivity index (χ2v) is 6.32. The lowest BCUT2D eigenvalue weighted by Gasteiger charge is -2.11. The van der Waals surface area contributed by atoms with E-state index in [1.54, 1.807) is 0 Å². The third-order valence-corrected chi connectivity index (χ3v) is 4.51. The molecule has 2 rings (SSSR count). The maximum absolute atomic E-state index is 11.9. The second-order valence-electron chi connectivity index (χ2n) is 4.56. The fraction of sp³-hybridized carbons (Fsp3) is 0.545. The lowest BCUT2D eigenvalue weighted by atomic mass is 10.1. The van der Waals surface area contributed by atoms with Crippen LogP contribution in [0.2, 0.25) is 0 Å². The van der Waals surface area contributed by atoms with Crippen molar-refractivity contribution in [2.24, 2.45) is 11.8 Å². The number of sulfonamides is 1. The summed E-state index contributed by atoms with van der Waals surface area (Å²) >= 11 is 0. The molecule has 94 valence electrons. The number of hydrogen-bond acceptors (Lipinski definition) is 3. The lowest BCUT2D eigenvalue weighted by Crippen LogP contribution is -2.29. The van der Waals surface area contributed by atoms with Gasteiger partial charge in [0.15, 0.2) is 0 Å². The molecule has 6 heteroatoms. The predicted octanol–water partition coefficient (Wildman–Crippen LogP) is 0.699. The summed E-state index contributed by atoms with van der Waals surface area (Å²) < 4.78 is 26.3. The highest BCUT2D eigenvalue weighted by Gasteiger charge is 2.28. The van der Waals surface area contributed by atoms with Gasteiger partial charge in [0.05, 0.1) is 4.90 Å². The summed E-state index contributed by atoms with van der Waals surface area (Å²) in [6.45, 7) is 2.50. The summed E-state index contributed by atoms with van der Waals surface area (Å²) in [5.41, 5.74) is -0.310. The van der Waals surface area contributed by atoms with Gasteiger partial charge in [0.25, 0.3) is 0 Å². The van der Waals surface area contributed by atoms with E-state index in [4.69, 9.17) is 0 Å². The van der Waals surface area contributed by atoms with Crippen molar-refractivity contribution < 1.29 is 8.42 Å². The zero-order chi connectivity index (χ0) is 12.5. The molecule has 5 nitrogen and oxygen atoms in total. The normalized spacial score (nSPS) is 17.9. The highest BCUT2D eigenvalue weighted by Crippen LogP contribution is 2.36. The Morgan fingerprint density at radius 1 is 1.47 bits per heavy atom. The number of aromatic nitrogens is 1. The van der Waals surface area contributed by atoms with Crippen molar-refractivity contribution in [2.45, 2.75) is 24.7 Å². The molecule has 0 spiro atoms. The summed E-state index contributed by atoms with van der Waals surface area (Å²) in [7, 11) is -3.50. The Kier molecular flexibility index (Phi) is 3.35. The average Bonchev–Trinajstić information content (AvgIpc) is 3.10. The first-order valence-electron chi connectivity index (χ1n) is 5.67. The maximum Gasteiger partial charge on any atom is 0.247 e. The van der Waals surface area contributed by atoms with Crippen LogP contribution in [0.4, 0.5) is 0 Å². The predicted molar refractivity (Wildman–Crippen MR) is 64.1 cm³/mol. The summed E-state index contributed by atoms with van der Waals surface area (Å²) in [5, 5.41) is 0. The third-order valence-electron chi connectivity index (χ3n) is 3.09. The number of aromatic amines is 1. The van der Waals surface area contributed by atoms with Gasteiger partial charge in [0.2, 0.25) is 15.6 Å². The molecule has 0 aromatic carbocycles. The molecule has 2 N–H and O–H groups in total. The van der Waals surface area contributed by atoms with Crippen LogP contribution in [-0.4, -0.2) is 19.9 Å². The number of H-pyrrole nitrogens is 1. The molecule has 1 heterocycles. The number of nitrogens with one attached hydrogen (secondary N) is 2. The molecule has 0 radical (unpaired) electrons. The van der Waals surface area contributed by atoms with Crippen molar-refractivity contribution >= 4 is 10.0 Å². The van der Waals surface area contributed by atoms with E-state index in [-0.39, 0.29) is 10.5 Å². The molecule has 1 saturated carbocycles. The monoisotopic (exact) mass is 256 g/mol. The molecular formula is C11H16N2O3S. The van der Waals surface area contributed by atoms with E-state index in [2.05, 4.69) is 9.71 Å². The Bertz CT molecular complexity index is 526. The van der Waals surface area contributed by atoms with Crippen molar-refractivity contribution in [3.63, 3.8) is 0 Å². The standard InChI is InChI=1S/C11H16N2O3S/c1-8(9-2-3-9)6-13-17(15,16)10-4-5-11(14)12-7-10/h4-5,7-9,13H,2-3,6H2,1H3,(H,12,14). The topological polar surface area (TPSA) is 79.0 Å². The van der Waals surface area contributed by atoms with Gasteiger partial charge in [-0.1, -0.05) is 6.92 Å². The molecule has 0 saturated heterocycles. The lowest BCUT2D eigenvalue weighted by molar-refractivity contribution is 0.491. The highest BCUT2D eigenvalue weighted by atomic mass is 32.2. The van der Waals surface area contributed by atoms with Crippen LogP contribution in [0.3, 0.4) is 0 Å². The van der Waals surface area contributed by atoms with Crippen molar-refractivity contribution in [1.29, 1.82) is 0 Å². The van der Waals surface area contributed by atoms with Gasteiger partial charge in [-0.2, -0.15) is 0 Å². The summed E-state index contributed by atoms with van der Waals surface area (Å²) in [5.74, 6) is 1.03. The second kappa shape index (κ2) is 4.62. The van der Waals surface area contributed by atoms with E-state index in [1.165, 1.54) is 31.2 Å². The first-order valence-corrected chi connectivity index (χ1v) is 7.16. The van der Waals surface area contributed by atoms with Crippen molar-refractivity contribution in [1.82, 2.24) is 9.71 Å². The van der Waals surface area contributed by atoms with Crippen LogP contribution < -0.4 is 10.3 Å². The van der Waals surface area contributed by atoms with Gasteiger partial charge in [-0.3, -0.25) is 4.79 Å². The van der Waals surface area contributed by atoms with Crippen LogP contribution in [0.1, 0.15) is 19.8 Å². The highest BCUT2D eigenvalue weighted by molar-refractivity contribution is 7.89. The molecule has 1 aromatic heterocycles. The first kappa shape index (κ1) is 12.3. The Labute approximate surface area is 100 Å². The van der Waals surface area contributed by atoms with Gasteiger partial charge in [-0.15, -0.1) is 0 Å². The molecule has 1 aliphatic rings. The van der Waals surface area contributed by atoms with E-state index in [9.17, 15) is 13.2 Å². The Morgan fingerprint density at radius 3 is 2.71 bits per heavy atom. The van der Waals surface area contributed by atoms with E-state index >= 15 is 0 Å². The van der Waals surface area contributed by atoms with Crippen LogP contribution in [0.15, 0.2) is 28.0 Å². The van der Waals surface area contributed by atoms with Crippen molar-refractivity contribution in [3.05, 3.63) is 28.7 Å². The zero-order valence-corrected chi connectivity index (χ0v) is 10.5. The fourth-order valence-electron chi connectivity index (χ4n) is 1.72. The van der Waals surface area contributed by atoms with Gasteiger partial charge in [-0.25, -0.2) is 13.1 Å². The van der Waals surface area contributed by atoms with Gasteiger partial charge in [0, 0.05) is 18.8 Å². The van der Waals surface area contributed by atoms with Crippen LogP contribution in [0, 0.1) is 11.8 Å². The van der Waals surface area contributed by atoms with Gasteiger partial charge in [0.1, 0.15) is 0 Å². The largest absolute Gasteiger partial charge is 0.328 e. The molecule has 0 bridgehead atoms. The maximum atomic E-state index is 11.9. The van der Waals surface area contributed by atoms with E-state index in [1.807, 2.05) is 6.92 Å². The summed E-state index contributed by atoms with van der Waals surface area (Å²) in [6.07, 6.45) is 3.61. The van der Waals surface area contributed by atoms with Crippen LogP contribution in [-0.2, 0) is 10.0 Å². The van der Waals surface area contributed by atoms with E-state index in [0.717, 1.165) is 0 Å². The van der Waals surface area contributed by atoms with Crippen LogP contribution in [0.25, 0.3) is 0 Å². The minimum absolute atomic E-state index is 0.0973. The van der Waals surface area contributed by atoms with Crippen molar-refractivity contribution in [2.75, 3.05) is 6.54 Å². The molecule has 0 aliphatic heterocycles. The Balaban J connectivity index is 2.02. The SMILES string of the molecule is CC(CNS(=O)(=O)c1ccc(=O)[nH]c1)C1CC1. The average molecular weight is 256 g/mol. The Hall–Kier alpha value is -1.14. The number of hydrogen-bond donors (Lipinski definition) is 2. The Morgan fingerprint density at radius 2 is 2.18 bits per heavy atom. The molecule has 1 aliphatic carbocycles. The molecular weight excluding hydrogens is 240 g/mol. The van der Waals surface area contributed by atoms with E-state index in [0.29, 0.717) is 18.4 Å². The molecule has 1 atom stereocenters. The minimum Gasteiger partial charge on any atom is -0.328 e.